The Morgan fingerprint density at radius 1 is 1.30 bits per heavy atom. The van der Waals surface area contributed by atoms with Crippen molar-refractivity contribution in [2.24, 2.45) is 5.92 Å². The minimum absolute atomic E-state index is 0.118. The van der Waals surface area contributed by atoms with Gasteiger partial charge in [-0.3, -0.25) is 9.69 Å². The van der Waals surface area contributed by atoms with Gasteiger partial charge in [0.2, 0.25) is 5.91 Å². The van der Waals surface area contributed by atoms with E-state index in [0.29, 0.717) is 19.5 Å². The fourth-order valence-corrected chi connectivity index (χ4v) is 2.86. The zero-order valence-corrected chi connectivity index (χ0v) is 13.6. The van der Waals surface area contributed by atoms with E-state index in [1.165, 1.54) is 10.5 Å². The largest absolute Gasteiger partial charge is 0.393 e. The van der Waals surface area contributed by atoms with Crippen LogP contribution < -0.4 is 0 Å². The van der Waals surface area contributed by atoms with Crippen LogP contribution in [0.15, 0.2) is 24.3 Å². The topological polar surface area (TPSA) is 23.6 Å². The van der Waals surface area contributed by atoms with Gasteiger partial charge in [-0.1, -0.05) is 29.8 Å². The number of carbonyl (C=O) groups is 1. The van der Waals surface area contributed by atoms with E-state index in [1.54, 1.807) is 0 Å². The summed E-state index contributed by atoms with van der Waals surface area (Å²) in [5.74, 6) is -1.61. The zero-order valence-electron chi connectivity index (χ0n) is 13.6. The fourth-order valence-electron chi connectivity index (χ4n) is 2.86. The molecule has 0 N–H and O–H groups in total. The highest BCUT2D eigenvalue weighted by Gasteiger charge is 2.42. The Hall–Kier alpha value is -1.56. The standard InChI is InChI=1S/C17H23F3N2O/c1-13-5-7-14(8-6-13)10-21(2)12-16(23)22-9-3-4-15(11-22)17(18,19)20/h5-8,15H,3-4,9-12H2,1-2H3. The van der Waals surface area contributed by atoms with Gasteiger partial charge in [0.15, 0.2) is 0 Å². The van der Waals surface area contributed by atoms with Gasteiger partial charge in [-0.25, -0.2) is 0 Å². The first-order chi connectivity index (χ1) is 10.8. The summed E-state index contributed by atoms with van der Waals surface area (Å²) in [5.41, 5.74) is 2.25. The van der Waals surface area contributed by atoms with Crippen molar-refractivity contribution in [3.8, 4) is 0 Å². The van der Waals surface area contributed by atoms with Crippen molar-refractivity contribution >= 4 is 5.91 Å². The van der Waals surface area contributed by atoms with Crippen molar-refractivity contribution in [3.63, 3.8) is 0 Å². The van der Waals surface area contributed by atoms with Crippen LogP contribution >= 0.6 is 0 Å². The van der Waals surface area contributed by atoms with E-state index >= 15 is 0 Å². The van der Waals surface area contributed by atoms with Gasteiger partial charge in [0.1, 0.15) is 0 Å². The number of halogens is 3. The van der Waals surface area contributed by atoms with Crippen LogP contribution in [0.3, 0.4) is 0 Å². The number of alkyl halides is 3. The quantitative estimate of drug-likeness (QED) is 0.847. The highest BCUT2D eigenvalue weighted by molar-refractivity contribution is 5.78. The van der Waals surface area contributed by atoms with Gasteiger partial charge in [0.05, 0.1) is 12.5 Å². The Bertz CT molecular complexity index is 528. The molecule has 1 atom stereocenters. The predicted octanol–water partition coefficient (Wildman–Crippen LogP) is 3.23. The number of piperidine rings is 1. The van der Waals surface area contributed by atoms with Crippen LogP contribution in [0.2, 0.25) is 0 Å². The van der Waals surface area contributed by atoms with Crippen molar-refractivity contribution in [2.75, 3.05) is 26.7 Å². The summed E-state index contributed by atoms with van der Waals surface area (Å²) in [6.07, 6.45) is -3.68. The number of benzene rings is 1. The van der Waals surface area contributed by atoms with Crippen LogP contribution in [-0.2, 0) is 11.3 Å². The summed E-state index contributed by atoms with van der Waals surface area (Å²) in [7, 11) is 1.81. The van der Waals surface area contributed by atoms with Gasteiger partial charge in [0.25, 0.3) is 0 Å². The number of nitrogens with zero attached hydrogens (tertiary/aromatic N) is 2. The monoisotopic (exact) mass is 328 g/mol. The van der Waals surface area contributed by atoms with E-state index in [4.69, 9.17) is 0 Å². The third-order valence-electron chi connectivity index (χ3n) is 4.22. The molecule has 128 valence electrons. The van der Waals surface area contributed by atoms with Crippen LogP contribution in [0.5, 0.6) is 0 Å². The normalized spacial score (nSPS) is 19.2. The van der Waals surface area contributed by atoms with Crippen LogP contribution in [-0.4, -0.2) is 48.6 Å². The Labute approximate surface area is 135 Å². The lowest BCUT2D eigenvalue weighted by molar-refractivity contribution is -0.188. The number of hydrogen-bond acceptors (Lipinski definition) is 2. The number of amides is 1. The fraction of sp³-hybridized carbons (Fsp3) is 0.588. The third kappa shape index (κ3) is 5.23. The molecule has 1 fully saturated rings. The number of hydrogen-bond donors (Lipinski definition) is 0. The number of likely N-dealkylation sites (tertiary alicyclic amines) is 1. The number of aryl methyl sites for hydroxylation is 1. The van der Waals surface area contributed by atoms with Crippen molar-refractivity contribution in [1.82, 2.24) is 9.80 Å². The van der Waals surface area contributed by atoms with Crippen LogP contribution in [0, 0.1) is 12.8 Å². The van der Waals surface area contributed by atoms with Gasteiger partial charge in [-0.15, -0.1) is 0 Å². The summed E-state index contributed by atoms with van der Waals surface area (Å²) >= 11 is 0. The van der Waals surface area contributed by atoms with Crippen molar-refractivity contribution in [3.05, 3.63) is 35.4 Å². The molecule has 1 amide bonds. The lowest BCUT2D eigenvalue weighted by Gasteiger charge is -2.34. The minimum Gasteiger partial charge on any atom is -0.341 e. The molecule has 0 radical (unpaired) electrons. The number of rotatable bonds is 4. The van der Waals surface area contributed by atoms with Crippen molar-refractivity contribution in [1.29, 1.82) is 0 Å². The smallest absolute Gasteiger partial charge is 0.341 e. The Kier molecular flexibility index (Phi) is 5.68. The summed E-state index contributed by atoms with van der Waals surface area (Å²) in [6, 6.07) is 8.00. The molecule has 1 unspecified atom stereocenters. The van der Waals surface area contributed by atoms with Gasteiger partial charge in [-0.05, 0) is 32.4 Å². The Balaban J connectivity index is 1.86. The van der Waals surface area contributed by atoms with Gasteiger partial charge in [0, 0.05) is 19.6 Å². The maximum Gasteiger partial charge on any atom is 0.393 e. The van der Waals surface area contributed by atoms with Crippen molar-refractivity contribution in [2.45, 2.75) is 32.5 Å². The molecule has 0 spiro atoms. The molecule has 1 heterocycles. The second kappa shape index (κ2) is 7.34. The highest BCUT2D eigenvalue weighted by atomic mass is 19.4. The molecule has 0 aromatic heterocycles. The lowest BCUT2D eigenvalue weighted by Crippen LogP contribution is -2.47. The zero-order chi connectivity index (χ0) is 17.0. The minimum atomic E-state index is -4.22. The number of carbonyl (C=O) groups excluding carboxylic acids is 1. The molecule has 23 heavy (non-hydrogen) atoms. The Morgan fingerprint density at radius 2 is 1.96 bits per heavy atom. The van der Waals surface area contributed by atoms with E-state index in [-0.39, 0.29) is 25.4 Å². The third-order valence-corrected chi connectivity index (χ3v) is 4.22. The molecule has 0 bridgehead atoms. The molecule has 0 aliphatic carbocycles. The average molecular weight is 328 g/mol. The molecular formula is C17H23F3N2O. The molecule has 2 rings (SSSR count). The first-order valence-electron chi connectivity index (χ1n) is 7.84. The summed E-state index contributed by atoms with van der Waals surface area (Å²) in [6.45, 7) is 2.95. The second-order valence-electron chi connectivity index (χ2n) is 6.38. The summed E-state index contributed by atoms with van der Waals surface area (Å²) in [4.78, 5) is 15.4. The predicted molar refractivity (Wildman–Crippen MR) is 82.9 cm³/mol. The van der Waals surface area contributed by atoms with E-state index in [2.05, 4.69) is 0 Å². The lowest BCUT2D eigenvalue weighted by atomic mass is 9.97. The first kappa shape index (κ1) is 17.8. The Morgan fingerprint density at radius 3 is 2.57 bits per heavy atom. The van der Waals surface area contributed by atoms with Gasteiger partial charge >= 0.3 is 6.18 Å². The maximum atomic E-state index is 12.8. The first-order valence-corrected chi connectivity index (χ1v) is 7.84. The number of likely N-dealkylation sites (N-methyl/N-ethyl adjacent to an activating group) is 1. The molecular weight excluding hydrogens is 305 g/mol. The van der Waals surface area contributed by atoms with Crippen LogP contribution in [0.1, 0.15) is 24.0 Å². The second-order valence-corrected chi connectivity index (χ2v) is 6.38. The average Bonchev–Trinajstić information content (AvgIpc) is 2.49. The summed E-state index contributed by atoms with van der Waals surface area (Å²) in [5, 5.41) is 0. The maximum absolute atomic E-state index is 12.8. The van der Waals surface area contributed by atoms with E-state index in [1.807, 2.05) is 43.1 Å². The van der Waals surface area contributed by atoms with Crippen molar-refractivity contribution < 1.29 is 18.0 Å². The molecule has 1 saturated heterocycles. The molecule has 6 heteroatoms. The van der Waals surface area contributed by atoms with E-state index < -0.39 is 12.1 Å². The summed E-state index contributed by atoms with van der Waals surface area (Å²) < 4.78 is 38.4. The highest BCUT2D eigenvalue weighted by Crippen LogP contribution is 2.33. The van der Waals surface area contributed by atoms with E-state index in [9.17, 15) is 18.0 Å². The molecule has 1 aromatic carbocycles. The molecule has 3 nitrogen and oxygen atoms in total. The van der Waals surface area contributed by atoms with E-state index in [0.717, 1.165) is 5.56 Å². The van der Waals surface area contributed by atoms with Crippen LogP contribution in [0.25, 0.3) is 0 Å². The van der Waals surface area contributed by atoms with Gasteiger partial charge < -0.3 is 4.90 Å². The SMILES string of the molecule is Cc1ccc(CN(C)CC(=O)N2CCCC(C(F)(F)F)C2)cc1. The molecule has 0 saturated carbocycles. The van der Waals surface area contributed by atoms with Crippen LogP contribution in [0.4, 0.5) is 13.2 Å². The molecule has 1 aromatic rings. The molecule has 1 aliphatic heterocycles. The molecule has 1 aliphatic rings. The van der Waals surface area contributed by atoms with Gasteiger partial charge in [-0.2, -0.15) is 13.2 Å².